The van der Waals surface area contributed by atoms with E-state index in [1.54, 1.807) is 30.9 Å². The predicted molar refractivity (Wildman–Crippen MR) is 190 cm³/mol. The summed E-state index contributed by atoms with van der Waals surface area (Å²) >= 11 is 9.19. The third-order valence-corrected chi connectivity index (χ3v) is 10.7. The van der Waals surface area contributed by atoms with Crippen LogP contribution >= 0.6 is 45.6 Å². The number of anilines is 2. The highest BCUT2D eigenvalue weighted by atomic mass is 35.5. The van der Waals surface area contributed by atoms with Gasteiger partial charge in [-0.15, -0.1) is 22.7 Å². The number of nitrogens with zero attached hydrogens (tertiary/aromatic N) is 7. The average molecular weight is 756 g/mol. The molecular weight excluding hydrogens is 731 g/mol. The largest absolute Gasteiger partial charge is 0.507 e. The molecule has 4 N–H and O–H groups in total. The SMILES string of the molecule is Cc1cc(CCc2c(O)c(C)c(N)c(CCNc3ncnc4scnc34)c2-c2ncnc3scnc23)ccc1Oc1nc(C(F)(F)F)c(Cl)s1. The Morgan fingerprint density at radius 2 is 1.64 bits per heavy atom. The van der Waals surface area contributed by atoms with Crippen molar-refractivity contribution in [2.75, 3.05) is 17.6 Å². The molecule has 0 spiro atoms. The minimum atomic E-state index is -4.68. The topological polar surface area (TPSA) is 158 Å². The maximum Gasteiger partial charge on any atom is 0.435 e. The molecule has 0 aliphatic carbocycles. The third-order valence-electron chi connectivity index (χ3n) is 8.08. The Morgan fingerprint density at radius 1 is 0.920 bits per heavy atom. The molecule has 50 heavy (non-hydrogen) atoms. The first-order chi connectivity index (χ1) is 24.0. The Balaban J connectivity index is 1.20. The third kappa shape index (κ3) is 6.48. The summed E-state index contributed by atoms with van der Waals surface area (Å²) in [7, 11) is 0. The van der Waals surface area contributed by atoms with Crippen LogP contribution in [0.2, 0.25) is 4.34 Å². The first-order valence-electron chi connectivity index (χ1n) is 15.0. The van der Waals surface area contributed by atoms with E-state index in [4.69, 9.17) is 22.1 Å². The summed E-state index contributed by atoms with van der Waals surface area (Å²) < 4.78 is 44.7. The number of nitrogens with two attached hydrogens (primary N) is 1. The molecule has 5 aromatic heterocycles. The number of nitrogen functional groups attached to an aromatic ring is 1. The summed E-state index contributed by atoms with van der Waals surface area (Å²) in [5, 5.41) is 14.7. The molecular formula is C32H25ClF3N9O2S3. The summed E-state index contributed by atoms with van der Waals surface area (Å²) in [5.74, 6) is 1.02. The summed E-state index contributed by atoms with van der Waals surface area (Å²) in [5.41, 5.74) is 15.5. The maximum atomic E-state index is 13.2. The predicted octanol–water partition coefficient (Wildman–Crippen LogP) is 8.42. The van der Waals surface area contributed by atoms with Crippen LogP contribution in [-0.4, -0.2) is 46.5 Å². The van der Waals surface area contributed by atoms with Crippen LogP contribution in [0.15, 0.2) is 41.9 Å². The fourth-order valence-corrected chi connectivity index (χ4v) is 7.94. The lowest BCUT2D eigenvalue weighted by Gasteiger charge is -2.22. The quantitative estimate of drug-likeness (QED) is 0.115. The van der Waals surface area contributed by atoms with Gasteiger partial charge in [0.1, 0.15) is 54.9 Å². The second kappa shape index (κ2) is 13.5. The fraction of sp³-hybridized carbons (Fsp3) is 0.219. The second-order valence-corrected chi connectivity index (χ2v) is 14.4. The molecule has 0 atom stereocenters. The van der Waals surface area contributed by atoms with Crippen LogP contribution < -0.4 is 15.8 Å². The highest BCUT2D eigenvalue weighted by Crippen LogP contribution is 2.44. The van der Waals surface area contributed by atoms with Crippen LogP contribution in [-0.2, 0) is 25.4 Å². The number of ether oxygens (including phenoxy) is 1. The zero-order chi connectivity index (χ0) is 35.2. The average Bonchev–Trinajstić information content (AvgIpc) is 3.85. The molecule has 7 aromatic rings. The first-order valence-corrected chi connectivity index (χ1v) is 17.9. The molecule has 0 bridgehead atoms. The van der Waals surface area contributed by atoms with E-state index in [9.17, 15) is 18.3 Å². The van der Waals surface area contributed by atoms with Crippen molar-refractivity contribution in [3.8, 4) is 28.0 Å². The van der Waals surface area contributed by atoms with Gasteiger partial charge in [-0.3, -0.25) is 0 Å². The van der Waals surface area contributed by atoms with E-state index in [1.807, 2.05) is 12.1 Å². The zero-order valence-corrected chi connectivity index (χ0v) is 29.4. The normalized spacial score (nSPS) is 11.9. The van der Waals surface area contributed by atoms with Gasteiger partial charge in [-0.2, -0.15) is 18.2 Å². The Kier molecular flexibility index (Phi) is 9.15. The van der Waals surface area contributed by atoms with E-state index in [1.165, 1.54) is 35.3 Å². The highest BCUT2D eigenvalue weighted by molar-refractivity contribution is 7.17. The summed E-state index contributed by atoms with van der Waals surface area (Å²) in [4.78, 5) is 31.6. The Labute approximate surface area is 299 Å². The number of thiazole rings is 3. The fourth-order valence-electron chi connectivity index (χ4n) is 5.66. The molecule has 5 heterocycles. The lowest BCUT2D eigenvalue weighted by Crippen LogP contribution is -2.13. The van der Waals surface area contributed by atoms with Crippen LogP contribution in [0.5, 0.6) is 16.7 Å². The van der Waals surface area contributed by atoms with Crippen molar-refractivity contribution in [3.05, 3.63) is 79.7 Å². The van der Waals surface area contributed by atoms with E-state index in [-0.39, 0.29) is 10.9 Å². The van der Waals surface area contributed by atoms with Crippen LogP contribution in [0.1, 0.15) is 33.5 Å². The van der Waals surface area contributed by atoms with Crippen molar-refractivity contribution in [2.45, 2.75) is 39.3 Å². The molecule has 0 saturated carbocycles. The number of halogens is 4. The summed E-state index contributed by atoms with van der Waals surface area (Å²) in [6, 6.07) is 5.37. The van der Waals surface area contributed by atoms with Crippen molar-refractivity contribution in [2.24, 2.45) is 0 Å². The van der Waals surface area contributed by atoms with E-state index in [0.717, 1.165) is 16.0 Å². The molecule has 256 valence electrons. The maximum absolute atomic E-state index is 13.2. The number of hydrogen-bond donors (Lipinski definition) is 3. The molecule has 0 aliphatic heterocycles. The van der Waals surface area contributed by atoms with Gasteiger partial charge >= 0.3 is 6.18 Å². The minimum absolute atomic E-state index is 0.0639. The number of phenols is 1. The number of aryl methyl sites for hydroxylation is 2. The number of hydrogen-bond acceptors (Lipinski definition) is 14. The van der Waals surface area contributed by atoms with Crippen molar-refractivity contribution in [3.63, 3.8) is 0 Å². The Hall–Kier alpha value is -4.71. The standard InChI is InChI=1S/C32H25ClF3N9O2S3/c1-14-9-16(4-6-19(14)47-31-45-26(27(33)50-31)32(34,35)36)3-5-18-20(22-23-29(41-10-39-22)48-12-43-23)17(21(37)15(2)25(18)46)7-8-38-28-24-30(42-11-40-28)49-13-44-24/h4,6,9-13,46H,3,5,7-8,37H2,1-2H3,(H,38,40,42). The Morgan fingerprint density at radius 3 is 2.36 bits per heavy atom. The van der Waals surface area contributed by atoms with Crippen molar-refractivity contribution < 1.29 is 23.0 Å². The van der Waals surface area contributed by atoms with Gasteiger partial charge in [-0.05, 0) is 55.9 Å². The first kappa shape index (κ1) is 33.8. The van der Waals surface area contributed by atoms with E-state index in [2.05, 4.69) is 40.2 Å². The monoisotopic (exact) mass is 755 g/mol. The minimum Gasteiger partial charge on any atom is -0.507 e. The van der Waals surface area contributed by atoms with E-state index in [0.29, 0.717) is 98.2 Å². The van der Waals surface area contributed by atoms with Gasteiger partial charge in [0.2, 0.25) is 0 Å². The Bertz CT molecular complexity index is 2380. The van der Waals surface area contributed by atoms with Crippen molar-refractivity contribution in [1.82, 2.24) is 34.9 Å². The molecule has 11 nitrogen and oxygen atoms in total. The smallest absolute Gasteiger partial charge is 0.435 e. The number of fused-ring (bicyclic) bond motifs is 2. The number of rotatable bonds is 10. The molecule has 2 aromatic carbocycles. The molecule has 0 amide bonds. The number of phenolic OH excluding ortho intramolecular Hbond substituents is 1. The van der Waals surface area contributed by atoms with Gasteiger partial charge in [0.15, 0.2) is 11.5 Å². The molecule has 0 radical (unpaired) electrons. The van der Waals surface area contributed by atoms with Crippen molar-refractivity contribution >= 4 is 77.8 Å². The van der Waals surface area contributed by atoms with E-state index >= 15 is 0 Å². The van der Waals surface area contributed by atoms with Crippen LogP contribution in [0.4, 0.5) is 24.7 Å². The van der Waals surface area contributed by atoms with Gasteiger partial charge in [-0.1, -0.05) is 35.1 Å². The lowest BCUT2D eigenvalue weighted by atomic mass is 9.87. The molecule has 18 heteroatoms. The number of nitrogens with one attached hydrogen (secondary N) is 1. The number of alkyl halides is 3. The van der Waals surface area contributed by atoms with Crippen molar-refractivity contribution in [1.29, 1.82) is 0 Å². The van der Waals surface area contributed by atoms with Crippen LogP contribution in [0.25, 0.3) is 32.0 Å². The van der Waals surface area contributed by atoms with Gasteiger partial charge in [-0.25, -0.2) is 29.9 Å². The number of benzene rings is 2. The highest BCUT2D eigenvalue weighted by Gasteiger charge is 2.37. The van der Waals surface area contributed by atoms with Gasteiger partial charge in [0.25, 0.3) is 5.19 Å². The van der Waals surface area contributed by atoms with Crippen LogP contribution in [0, 0.1) is 13.8 Å². The van der Waals surface area contributed by atoms with Gasteiger partial charge < -0.3 is 20.9 Å². The number of aromatic hydroxyl groups is 1. The molecule has 0 aliphatic rings. The molecule has 0 fully saturated rings. The molecule has 0 saturated heterocycles. The molecule has 0 unspecified atom stereocenters. The van der Waals surface area contributed by atoms with Gasteiger partial charge in [0, 0.05) is 28.9 Å². The summed E-state index contributed by atoms with van der Waals surface area (Å²) in [6.45, 7) is 4.02. The zero-order valence-electron chi connectivity index (χ0n) is 26.2. The van der Waals surface area contributed by atoms with Crippen LogP contribution in [0.3, 0.4) is 0 Å². The van der Waals surface area contributed by atoms with Gasteiger partial charge in [0.05, 0.1) is 11.0 Å². The van der Waals surface area contributed by atoms with E-state index < -0.39 is 16.2 Å². The molecule has 7 rings (SSSR count). The lowest BCUT2D eigenvalue weighted by molar-refractivity contribution is -0.140. The second-order valence-electron chi connectivity index (χ2n) is 11.2. The summed E-state index contributed by atoms with van der Waals surface area (Å²) in [6.07, 6.45) is -0.355. The number of aromatic nitrogens is 7.